The second-order valence-corrected chi connectivity index (χ2v) is 6.09. The van der Waals surface area contributed by atoms with Gasteiger partial charge in [0.15, 0.2) is 0 Å². The third kappa shape index (κ3) is 5.12. The molecule has 0 saturated carbocycles. The van der Waals surface area contributed by atoms with E-state index in [2.05, 4.69) is 11.8 Å². The topological polar surface area (TPSA) is 92.9 Å². The highest BCUT2D eigenvalue weighted by molar-refractivity contribution is 7.89. The van der Waals surface area contributed by atoms with Gasteiger partial charge in [-0.25, -0.2) is 8.42 Å². The molecule has 0 unspecified atom stereocenters. The summed E-state index contributed by atoms with van der Waals surface area (Å²) in [4.78, 5) is 0.158. The Morgan fingerprint density at radius 2 is 1.95 bits per heavy atom. The number of sulfonamides is 1. The molecule has 0 spiro atoms. The molecule has 116 valence electrons. The van der Waals surface area contributed by atoms with E-state index in [1.807, 2.05) is 0 Å². The molecule has 0 aromatic heterocycles. The second-order valence-electron chi connectivity index (χ2n) is 4.15. The lowest BCUT2D eigenvalue weighted by atomic mass is 10.2. The number of rotatable bonds is 7. The van der Waals surface area contributed by atoms with Crippen molar-refractivity contribution in [3.05, 3.63) is 29.8 Å². The molecule has 1 aromatic carbocycles. The van der Waals surface area contributed by atoms with Crippen molar-refractivity contribution in [2.24, 2.45) is 5.73 Å². The van der Waals surface area contributed by atoms with E-state index in [1.165, 1.54) is 23.5 Å². The maximum Gasteiger partial charge on any atom is 0.243 e. The van der Waals surface area contributed by atoms with E-state index in [1.54, 1.807) is 12.1 Å². The number of methoxy groups -OCH3 is 1. The van der Waals surface area contributed by atoms with Crippen molar-refractivity contribution in [2.45, 2.75) is 4.90 Å². The molecule has 6 nitrogen and oxygen atoms in total. The molecule has 0 bridgehead atoms. The van der Waals surface area contributed by atoms with Gasteiger partial charge in [-0.1, -0.05) is 11.8 Å². The third-order valence-electron chi connectivity index (χ3n) is 2.72. The fraction of sp³-hybridized carbons (Fsp3) is 0.429. The van der Waals surface area contributed by atoms with E-state index < -0.39 is 10.0 Å². The van der Waals surface area contributed by atoms with Gasteiger partial charge in [-0.05, 0) is 24.3 Å². The van der Waals surface area contributed by atoms with Crippen molar-refractivity contribution in [3.8, 4) is 11.8 Å². The van der Waals surface area contributed by atoms with Crippen LogP contribution in [0.25, 0.3) is 0 Å². The molecule has 0 fully saturated rings. The number of benzene rings is 1. The van der Waals surface area contributed by atoms with E-state index in [4.69, 9.17) is 15.6 Å². The van der Waals surface area contributed by atoms with Crippen LogP contribution in [0.15, 0.2) is 29.2 Å². The maximum atomic E-state index is 12.5. The summed E-state index contributed by atoms with van der Waals surface area (Å²) >= 11 is 0. The number of aliphatic hydroxyl groups excluding tert-OH is 1. The predicted octanol–water partition coefficient (Wildman–Crippen LogP) is -0.374. The smallest absolute Gasteiger partial charge is 0.243 e. The predicted molar refractivity (Wildman–Crippen MR) is 80.1 cm³/mol. The van der Waals surface area contributed by atoms with Crippen LogP contribution in [0.1, 0.15) is 5.56 Å². The standard InChI is InChI=1S/C14H20N2O4S/c1-20-12-10-16(9-11-17)21(18,19)14-6-4-13(5-7-14)3-2-8-15/h4-7,17H,8-12,15H2,1H3. The van der Waals surface area contributed by atoms with Crippen molar-refractivity contribution < 1.29 is 18.3 Å². The van der Waals surface area contributed by atoms with Gasteiger partial charge in [0.05, 0.1) is 24.7 Å². The first-order valence-electron chi connectivity index (χ1n) is 6.45. The minimum atomic E-state index is -3.65. The zero-order valence-electron chi connectivity index (χ0n) is 11.9. The highest BCUT2D eigenvalue weighted by atomic mass is 32.2. The molecule has 0 saturated heterocycles. The minimum absolute atomic E-state index is 0.0282. The summed E-state index contributed by atoms with van der Waals surface area (Å²) in [6.07, 6.45) is 0. The van der Waals surface area contributed by atoms with Crippen LogP contribution in [-0.4, -0.2) is 57.8 Å². The van der Waals surface area contributed by atoms with Crippen LogP contribution in [0, 0.1) is 11.8 Å². The van der Waals surface area contributed by atoms with Gasteiger partial charge in [0.1, 0.15) is 0 Å². The zero-order valence-corrected chi connectivity index (χ0v) is 12.8. The lowest BCUT2D eigenvalue weighted by Gasteiger charge is -2.20. The van der Waals surface area contributed by atoms with Gasteiger partial charge < -0.3 is 15.6 Å². The van der Waals surface area contributed by atoms with Gasteiger partial charge in [0.25, 0.3) is 0 Å². The third-order valence-corrected chi connectivity index (χ3v) is 4.63. The Kier molecular flexibility index (Phi) is 7.36. The lowest BCUT2D eigenvalue weighted by molar-refractivity contribution is 0.168. The van der Waals surface area contributed by atoms with Crippen LogP contribution in [-0.2, 0) is 14.8 Å². The molecule has 1 rings (SSSR count). The van der Waals surface area contributed by atoms with Gasteiger partial charge in [-0.2, -0.15) is 4.31 Å². The molecule has 1 aromatic rings. The maximum absolute atomic E-state index is 12.5. The van der Waals surface area contributed by atoms with Gasteiger partial charge in [-0.3, -0.25) is 0 Å². The Bertz CT molecular complexity index is 588. The van der Waals surface area contributed by atoms with Crippen LogP contribution in [0.3, 0.4) is 0 Å². The molecule has 0 aliphatic rings. The number of nitrogens with zero attached hydrogens (tertiary/aromatic N) is 1. The average Bonchev–Trinajstić information content (AvgIpc) is 2.49. The van der Waals surface area contributed by atoms with E-state index in [-0.39, 0.29) is 37.7 Å². The Labute approximate surface area is 125 Å². The van der Waals surface area contributed by atoms with Crippen molar-refractivity contribution in [1.82, 2.24) is 4.31 Å². The summed E-state index contributed by atoms with van der Waals surface area (Å²) in [6.45, 7) is 0.484. The first-order valence-corrected chi connectivity index (χ1v) is 7.89. The molecule has 0 atom stereocenters. The number of ether oxygens (including phenoxy) is 1. The SMILES string of the molecule is COCCN(CCO)S(=O)(=O)c1ccc(C#CCN)cc1. The Morgan fingerprint density at radius 3 is 2.48 bits per heavy atom. The van der Waals surface area contributed by atoms with Gasteiger partial charge >= 0.3 is 0 Å². The summed E-state index contributed by atoms with van der Waals surface area (Å²) in [5.74, 6) is 5.53. The average molecular weight is 312 g/mol. The van der Waals surface area contributed by atoms with Gasteiger partial charge in [0, 0.05) is 25.8 Å². The van der Waals surface area contributed by atoms with Crippen LogP contribution >= 0.6 is 0 Å². The van der Waals surface area contributed by atoms with Gasteiger partial charge in [0.2, 0.25) is 10.0 Å². The molecule has 0 heterocycles. The summed E-state index contributed by atoms with van der Waals surface area (Å²) in [6, 6.07) is 6.24. The summed E-state index contributed by atoms with van der Waals surface area (Å²) in [5.41, 5.74) is 5.98. The molecular formula is C14H20N2O4S. The number of hydrogen-bond acceptors (Lipinski definition) is 5. The molecule has 0 aliphatic carbocycles. The quantitative estimate of drug-likeness (QED) is 0.670. The summed E-state index contributed by atoms with van der Waals surface area (Å²) in [7, 11) is -2.16. The van der Waals surface area contributed by atoms with Crippen molar-refractivity contribution in [3.63, 3.8) is 0 Å². The minimum Gasteiger partial charge on any atom is -0.395 e. The number of nitrogens with two attached hydrogens (primary N) is 1. The van der Waals surface area contributed by atoms with Crippen LogP contribution < -0.4 is 5.73 Å². The van der Waals surface area contributed by atoms with Crippen molar-refractivity contribution >= 4 is 10.0 Å². The molecule has 21 heavy (non-hydrogen) atoms. The Morgan fingerprint density at radius 1 is 1.29 bits per heavy atom. The van der Waals surface area contributed by atoms with E-state index in [9.17, 15) is 8.42 Å². The van der Waals surface area contributed by atoms with Crippen LogP contribution in [0.2, 0.25) is 0 Å². The molecule has 0 amide bonds. The lowest BCUT2D eigenvalue weighted by Crippen LogP contribution is -2.36. The fourth-order valence-electron chi connectivity index (χ4n) is 1.67. The monoisotopic (exact) mass is 312 g/mol. The van der Waals surface area contributed by atoms with E-state index >= 15 is 0 Å². The first-order chi connectivity index (χ1) is 10.1. The second kappa shape index (κ2) is 8.77. The van der Waals surface area contributed by atoms with Crippen LogP contribution in [0.5, 0.6) is 0 Å². The van der Waals surface area contributed by atoms with E-state index in [0.29, 0.717) is 5.56 Å². The van der Waals surface area contributed by atoms with Crippen molar-refractivity contribution in [1.29, 1.82) is 0 Å². The molecule has 0 aliphatic heterocycles. The fourth-order valence-corrected chi connectivity index (χ4v) is 3.08. The largest absolute Gasteiger partial charge is 0.395 e. The van der Waals surface area contributed by atoms with E-state index in [0.717, 1.165) is 0 Å². The number of aliphatic hydroxyl groups is 1. The summed E-state index contributed by atoms with van der Waals surface area (Å²) in [5, 5.41) is 9.01. The number of hydrogen-bond donors (Lipinski definition) is 2. The molecule has 7 heteroatoms. The zero-order chi connectivity index (χ0) is 15.7. The van der Waals surface area contributed by atoms with Crippen molar-refractivity contribution in [2.75, 3.05) is 40.0 Å². The highest BCUT2D eigenvalue weighted by Gasteiger charge is 2.23. The normalized spacial score (nSPS) is 11.2. The Hall–Kier alpha value is -1.43. The molecular weight excluding hydrogens is 292 g/mol. The molecule has 3 N–H and O–H groups in total. The van der Waals surface area contributed by atoms with Crippen LogP contribution in [0.4, 0.5) is 0 Å². The Balaban J connectivity index is 2.98. The summed E-state index contributed by atoms with van der Waals surface area (Å²) < 4.78 is 31.0. The highest BCUT2D eigenvalue weighted by Crippen LogP contribution is 2.16. The molecule has 0 radical (unpaired) electrons. The van der Waals surface area contributed by atoms with Gasteiger partial charge in [-0.15, -0.1) is 0 Å². The first kappa shape index (κ1) is 17.6.